The molecule has 0 amide bonds. The molecule has 0 aromatic carbocycles. The van der Waals surface area contributed by atoms with Crippen molar-refractivity contribution < 1.29 is 14.6 Å². The van der Waals surface area contributed by atoms with Gasteiger partial charge in [-0.15, -0.1) is 0 Å². The number of hydrogen-bond acceptors (Lipinski definition) is 4. The van der Waals surface area contributed by atoms with E-state index in [9.17, 15) is 9.90 Å². The summed E-state index contributed by atoms with van der Waals surface area (Å²) in [5.41, 5.74) is -0.953. The Morgan fingerprint density at radius 3 is 2.50 bits per heavy atom. The minimum Gasteiger partial charge on any atom is -0.469 e. The molecule has 0 bridgehead atoms. The lowest BCUT2D eigenvalue weighted by Gasteiger charge is -2.49. The molecule has 1 heterocycles. The maximum atomic E-state index is 11.5. The van der Waals surface area contributed by atoms with Crippen molar-refractivity contribution in [3.05, 3.63) is 0 Å². The van der Waals surface area contributed by atoms with E-state index in [0.717, 1.165) is 12.8 Å². The van der Waals surface area contributed by atoms with E-state index in [2.05, 4.69) is 4.90 Å². The summed E-state index contributed by atoms with van der Waals surface area (Å²) in [5, 5.41) is 10.2. The van der Waals surface area contributed by atoms with Crippen molar-refractivity contribution in [2.45, 2.75) is 32.3 Å². The highest BCUT2D eigenvalue weighted by molar-refractivity contribution is 5.76. The average molecular weight is 227 g/mol. The lowest BCUT2D eigenvalue weighted by molar-refractivity contribution is -0.159. The molecule has 1 aliphatic carbocycles. The van der Waals surface area contributed by atoms with Crippen LogP contribution >= 0.6 is 0 Å². The Labute approximate surface area is 96.6 Å². The monoisotopic (exact) mass is 227 g/mol. The third kappa shape index (κ3) is 2.09. The fourth-order valence-corrected chi connectivity index (χ4v) is 2.62. The molecule has 2 fully saturated rings. The Morgan fingerprint density at radius 1 is 1.50 bits per heavy atom. The molecule has 1 aliphatic heterocycles. The standard InChI is InChI=1S/C12H21NO3/c1-11(2,10(14)16-3)6-13-7-12(15,8-13)9-4-5-9/h9,15H,4-8H2,1-3H3. The number of nitrogens with zero attached hydrogens (tertiary/aromatic N) is 1. The molecular formula is C12H21NO3. The second-order valence-corrected chi connectivity index (χ2v) is 5.90. The summed E-state index contributed by atoms with van der Waals surface area (Å²) in [5.74, 6) is 0.319. The summed E-state index contributed by atoms with van der Waals surface area (Å²) in [4.78, 5) is 13.6. The van der Waals surface area contributed by atoms with E-state index in [1.165, 1.54) is 7.11 Å². The van der Waals surface area contributed by atoms with E-state index in [1.807, 2.05) is 13.8 Å². The predicted octanol–water partition coefficient (Wildman–Crippen LogP) is 0.642. The highest BCUT2D eigenvalue weighted by Gasteiger charge is 2.52. The van der Waals surface area contributed by atoms with Crippen LogP contribution in [0.2, 0.25) is 0 Å². The van der Waals surface area contributed by atoms with E-state index < -0.39 is 11.0 Å². The molecule has 4 heteroatoms. The van der Waals surface area contributed by atoms with Crippen molar-refractivity contribution in [2.75, 3.05) is 26.7 Å². The number of carbonyl (C=O) groups excluding carboxylic acids is 1. The number of methoxy groups -OCH3 is 1. The van der Waals surface area contributed by atoms with Gasteiger partial charge in [-0.05, 0) is 32.6 Å². The Hall–Kier alpha value is -0.610. The van der Waals surface area contributed by atoms with Gasteiger partial charge in [-0.3, -0.25) is 9.69 Å². The minimum atomic E-state index is -0.486. The number of carbonyl (C=O) groups is 1. The summed E-state index contributed by atoms with van der Waals surface area (Å²) in [6, 6.07) is 0. The van der Waals surface area contributed by atoms with Crippen LogP contribution in [0.3, 0.4) is 0 Å². The molecular weight excluding hydrogens is 206 g/mol. The Morgan fingerprint density at radius 2 is 2.06 bits per heavy atom. The molecule has 0 radical (unpaired) electrons. The zero-order valence-corrected chi connectivity index (χ0v) is 10.3. The summed E-state index contributed by atoms with van der Waals surface area (Å²) in [6.07, 6.45) is 2.31. The van der Waals surface area contributed by atoms with E-state index in [-0.39, 0.29) is 5.97 Å². The molecule has 1 saturated carbocycles. The average Bonchev–Trinajstić information content (AvgIpc) is 2.96. The van der Waals surface area contributed by atoms with E-state index in [1.54, 1.807) is 0 Å². The van der Waals surface area contributed by atoms with Gasteiger partial charge in [-0.25, -0.2) is 0 Å². The van der Waals surface area contributed by atoms with Crippen molar-refractivity contribution in [3.8, 4) is 0 Å². The van der Waals surface area contributed by atoms with E-state index in [4.69, 9.17) is 4.74 Å². The van der Waals surface area contributed by atoms with Crippen LogP contribution in [0.5, 0.6) is 0 Å². The van der Waals surface area contributed by atoms with Crippen molar-refractivity contribution >= 4 is 5.97 Å². The van der Waals surface area contributed by atoms with Crippen LogP contribution in [-0.4, -0.2) is 48.3 Å². The van der Waals surface area contributed by atoms with Gasteiger partial charge in [0.15, 0.2) is 0 Å². The van der Waals surface area contributed by atoms with Gasteiger partial charge in [0.1, 0.15) is 0 Å². The highest BCUT2D eigenvalue weighted by Crippen LogP contribution is 2.45. The molecule has 1 N–H and O–H groups in total. The molecule has 0 aromatic rings. The van der Waals surface area contributed by atoms with Crippen LogP contribution in [0.1, 0.15) is 26.7 Å². The van der Waals surface area contributed by atoms with Gasteiger partial charge >= 0.3 is 5.97 Å². The Bertz CT molecular complexity index is 291. The molecule has 0 spiro atoms. The van der Waals surface area contributed by atoms with Crippen LogP contribution in [0.15, 0.2) is 0 Å². The molecule has 0 atom stereocenters. The Kier molecular flexibility index (Phi) is 2.75. The molecule has 16 heavy (non-hydrogen) atoms. The number of hydrogen-bond donors (Lipinski definition) is 1. The number of likely N-dealkylation sites (tertiary alicyclic amines) is 1. The first-order chi connectivity index (χ1) is 7.37. The molecule has 0 unspecified atom stereocenters. The van der Waals surface area contributed by atoms with Gasteiger partial charge in [0.25, 0.3) is 0 Å². The third-order valence-electron chi connectivity index (χ3n) is 3.69. The third-order valence-corrected chi connectivity index (χ3v) is 3.69. The fourth-order valence-electron chi connectivity index (χ4n) is 2.62. The summed E-state index contributed by atoms with van der Waals surface area (Å²) in [6.45, 7) is 5.84. The second-order valence-electron chi connectivity index (χ2n) is 5.90. The first kappa shape index (κ1) is 11.9. The first-order valence-electron chi connectivity index (χ1n) is 5.90. The lowest BCUT2D eigenvalue weighted by Crippen LogP contribution is -2.65. The van der Waals surface area contributed by atoms with Gasteiger partial charge in [-0.1, -0.05) is 0 Å². The van der Waals surface area contributed by atoms with Crippen LogP contribution < -0.4 is 0 Å². The quantitative estimate of drug-likeness (QED) is 0.716. The number of aliphatic hydroxyl groups is 1. The lowest BCUT2D eigenvalue weighted by atomic mass is 9.84. The zero-order valence-electron chi connectivity index (χ0n) is 10.3. The largest absolute Gasteiger partial charge is 0.469 e. The smallest absolute Gasteiger partial charge is 0.312 e. The number of β-amino-alcohol motifs (C(OH)–C–C–N with tert-alkyl or cyclic N) is 1. The van der Waals surface area contributed by atoms with E-state index >= 15 is 0 Å². The summed E-state index contributed by atoms with van der Waals surface area (Å²) in [7, 11) is 1.42. The van der Waals surface area contributed by atoms with Crippen molar-refractivity contribution in [2.24, 2.45) is 11.3 Å². The first-order valence-corrected chi connectivity index (χ1v) is 5.90. The predicted molar refractivity (Wildman–Crippen MR) is 59.9 cm³/mol. The van der Waals surface area contributed by atoms with Crippen LogP contribution in [0.4, 0.5) is 0 Å². The number of esters is 1. The SMILES string of the molecule is COC(=O)C(C)(C)CN1CC(O)(C2CC2)C1. The molecule has 2 rings (SSSR count). The molecule has 4 nitrogen and oxygen atoms in total. The van der Waals surface area contributed by atoms with Crippen molar-refractivity contribution in [3.63, 3.8) is 0 Å². The summed E-state index contributed by atoms with van der Waals surface area (Å²) >= 11 is 0. The zero-order chi connectivity index (χ0) is 12.0. The summed E-state index contributed by atoms with van der Waals surface area (Å²) < 4.78 is 4.77. The molecule has 92 valence electrons. The Balaban J connectivity index is 1.82. The second kappa shape index (κ2) is 3.70. The van der Waals surface area contributed by atoms with Crippen LogP contribution in [0.25, 0.3) is 0 Å². The topological polar surface area (TPSA) is 49.8 Å². The number of ether oxygens (including phenoxy) is 1. The maximum absolute atomic E-state index is 11.5. The molecule has 0 aromatic heterocycles. The molecule has 2 aliphatic rings. The van der Waals surface area contributed by atoms with Crippen molar-refractivity contribution in [1.29, 1.82) is 0 Å². The van der Waals surface area contributed by atoms with Gasteiger partial charge in [-0.2, -0.15) is 0 Å². The number of rotatable bonds is 4. The van der Waals surface area contributed by atoms with Crippen LogP contribution in [0, 0.1) is 11.3 Å². The normalized spacial score (nSPS) is 25.0. The molecule has 1 saturated heterocycles. The van der Waals surface area contributed by atoms with E-state index in [0.29, 0.717) is 25.6 Å². The highest BCUT2D eigenvalue weighted by atomic mass is 16.5. The van der Waals surface area contributed by atoms with Gasteiger partial charge in [0.05, 0.1) is 18.1 Å². The van der Waals surface area contributed by atoms with Crippen molar-refractivity contribution in [1.82, 2.24) is 4.90 Å². The van der Waals surface area contributed by atoms with Gasteiger partial charge in [0.2, 0.25) is 0 Å². The fraction of sp³-hybridized carbons (Fsp3) is 0.917. The van der Waals surface area contributed by atoms with Crippen LogP contribution in [-0.2, 0) is 9.53 Å². The van der Waals surface area contributed by atoms with Gasteiger partial charge < -0.3 is 9.84 Å². The maximum Gasteiger partial charge on any atom is 0.312 e. The minimum absolute atomic E-state index is 0.186. The van der Waals surface area contributed by atoms with Gasteiger partial charge in [0, 0.05) is 19.6 Å².